The molecular formula is C5H3ClN4Ra. The Balaban J connectivity index is 2.90. The molecule has 0 amide bonds. The minimum atomic E-state index is 0.180. The van der Waals surface area contributed by atoms with Gasteiger partial charge in [0.05, 0.1) is 0 Å². The van der Waals surface area contributed by atoms with Crippen molar-refractivity contribution in [3.8, 4) is 0 Å². The van der Waals surface area contributed by atoms with E-state index in [9.17, 15) is 0 Å². The molecule has 0 spiro atoms. The standard InChI is InChI=1S/C5H2ClN4.Ra.H/c6-4-1-2-7-5-8-3-9-10(4)5;;/h1-2H;;. The fraction of sp³-hybridized carbons (Fsp3) is 0. The van der Waals surface area contributed by atoms with Crippen LogP contribution in [0.25, 0.3) is 5.78 Å². The van der Waals surface area contributed by atoms with E-state index >= 15 is 0 Å². The molecule has 0 saturated carbocycles. The maximum absolute atomic E-state index is 5.82. The van der Waals surface area contributed by atoms with Crippen molar-refractivity contribution in [2.75, 3.05) is 0 Å². The fourth-order valence-corrected chi connectivity index (χ4v) is 2.68. The Kier molecular flexibility index (Phi) is 2.15. The molecule has 2 aromatic rings. The van der Waals surface area contributed by atoms with Crippen LogP contribution in [0.5, 0.6) is 0 Å². The Hall–Kier alpha value is 0.308. The van der Waals surface area contributed by atoms with E-state index in [1.165, 1.54) is 0 Å². The second kappa shape index (κ2) is 2.98. The first-order valence-electron chi connectivity index (χ1n) is 3.11. The van der Waals surface area contributed by atoms with Gasteiger partial charge in [0.2, 0.25) is 0 Å². The van der Waals surface area contributed by atoms with Gasteiger partial charge in [0.15, 0.2) is 0 Å². The van der Waals surface area contributed by atoms with Crippen LogP contribution < -0.4 is 0.865 Å². The Labute approximate surface area is 96.7 Å². The van der Waals surface area contributed by atoms with Gasteiger partial charge >= 0.3 is 98.0 Å². The van der Waals surface area contributed by atoms with Crippen molar-refractivity contribution in [3.05, 3.63) is 17.4 Å². The van der Waals surface area contributed by atoms with E-state index < -0.39 is 0 Å². The maximum atomic E-state index is 5.82. The summed E-state index contributed by atoms with van der Waals surface area (Å²) in [4.78, 5) is 8.14. The number of halogens is 1. The van der Waals surface area contributed by atoms with E-state index in [1.807, 2.05) is 0 Å². The zero-order valence-electron chi connectivity index (χ0n) is 5.82. The van der Waals surface area contributed by atoms with Crippen LogP contribution in [0.3, 0.4) is 0 Å². The third-order valence-corrected chi connectivity index (χ3v) is 3.33. The molecule has 0 saturated heterocycles. The van der Waals surface area contributed by atoms with Crippen LogP contribution in [0.15, 0.2) is 12.3 Å². The van der Waals surface area contributed by atoms with Gasteiger partial charge in [-0.25, -0.2) is 0 Å². The van der Waals surface area contributed by atoms with E-state index in [-0.39, 0.29) is 42.8 Å². The predicted molar refractivity (Wildman–Crippen MR) is 36.8 cm³/mol. The number of rotatable bonds is 0. The normalized spacial score (nSPS) is 10.5. The zero-order valence-corrected chi connectivity index (χ0v) is 14.8. The van der Waals surface area contributed by atoms with E-state index in [2.05, 4.69) is 15.1 Å². The summed E-state index contributed by atoms with van der Waals surface area (Å²) in [6, 6.07) is 1.69. The number of fused-ring (bicyclic) bond motifs is 1. The average molecular weight is 381 g/mol. The Morgan fingerprint density at radius 3 is 3.09 bits per heavy atom. The van der Waals surface area contributed by atoms with Crippen molar-refractivity contribution in [3.63, 3.8) is 0 Å². The van der Waals surface area contributed by atoms with E-state index in [1.54, 1.807) is 16.8 Å². The van der Waals surface area contributed by atoms with Gasteiger partial charge in [0, 0.05) is 0 Å². The number of nitrogens with zero attached hydrogens (tertiary/aromatic N) is 4. The minimum absolute atomic E-state index is 0.180. The SMILES string of the molecule is Clc1ccnc2n[c]([RaH])nn12. The molecule has 6 heteroatoms. The van der Waals surface area contributed by atoms with Crippen molar-refractivity contribution in [2.24, 2.45) is 0 Å². The number of aromatic nitrogens is 4. The fourth-order valence-electron chi connectivity index (χ4n) is 0.867. The molecule has 2 aromatic heterocycles. The molecule has 0 aliphatic carbocycles. The molecule has 0 atom stereocenters. The number of hydrogen-bond donors (Lipinski definition) is 0. The van der Waals surface area contributed by atoms with Gasteiger partial charge in [-0.15, -0.1) is 0 Å². The Morgan fingerprint density at radius 2 is 2.36 bits per heavy atom. The monoisotopic (exact) mass is 380 g/mol. The van der Waals surface area contributed by atoms with Crippen LogP contribution in [0, 0.1) is 42.8 Å². The predicted octanol–water partition coefficient (Wildman–Crippen LogP) is -0.315. The first kappa shape index (κ1) is 7.93. The Morgan fingerprint density at radius 1 is 1.55 bits per heavy atom. The molecule has 0 N–H and O–H groups in total. The van der Waals surface area contributed by atoms with Crippen LogP contribution in [0.1, 0.15) is 0 Å². The third-order valence-electron chi connectivity index (χ3n) is 1.30. The summed E-state index contributed by atoms with van der Waals surface area (Å²) in [6.45, 7) is 0. The molecule has 11 heavy (non-hydrogen) atoms. The van der Waals surface area contributed by atoms with Crippen molar-refractivity contribution >= 4 is 18.2 Å². The molecule has 0 fully saturated rings. The molecule has 0 aliphatic heterocycles. The molecule has 4 nitrogen and oxygen atoms in total. The summed E-state index contributed by atoms with van der Waals surface area (Å²) in [5, 5.41) is 4.69. The van der Waals surface area contributed by atoms with Gasteiger partial charge in [-0.2, -0.15) is 0 Å². The van der Waals surface area contributed by atoms with Crippen molar-refractivity contribution in [2.45, 2.75) is 0 Å². The summed E-state index contributed by atoms with van der Waals surface area (Å²) in [5.41, 5.74) is 0. The molecule has 52 valence electrons. The molecule has 0 bridgehead atoms. The zero-order chi connectivity index (χ0) is 7.84. The topological polar surface area (TPSA) is 43.1 Å². The summed E-state index contributed by atoms with van der Waals surface area (Å²) in [6.07, 6.45) is 1.63. The van der Waals surface area contributed by atoms with Crippen LogP contribution in [-0.2, 0) is 0 Å². The van der Waals surface area contributed by atoms with Crippen LogP contribution >= 0.6 is 11.6 Å². The van der Waals surface area contributed by atoms with Crippen LogP contribution in [-0.4, -0.2) is 19.6 Å². The quantitative estimate of drug-likeness (QED) is 0.589. The van der Waals surface area contributed by atoms with Crippen molar-refractivity contribution in [1.82, 2.24) is 19.6 Å². The number of hydrogen-bond acceptors (Lipinski definition) is 3. The molecule has 0 radical (unpaired) electrons. The van der Waals surface area contributed by atoms with Gasteiger partial charge < -0.3 is 0 Å². The third kappa shape index (κ3) is 1.43. The average Bonchev–Trinajstić information content (AvgIpc) is 2.31. The van der Waals surface area contributed by atoms with E-state index in [0.717, 1.165) is 0.865 Å². The van der Waals surface area contributed by atoms with Gasteiger partial charge in [-0.1, -0.05) is 0 Å². The van der Waals surface area contributed by atoms with Gasteiger partial charge in [-0.3, -0.25) is 0 Å². The van der Waals surface area contributed by atoms with E-state index in [0.29, 0.717) is 10.9 Å². The summed E-state index contributed by atoms with van der Waals surface area (Å²) in [7, 11) is 0. The molecule has 2 heterocycles. The van der Waals surface area contributed by atoms with Gasteiger partial charge in [0.1, 0.15) is 0 Å². The molecule has 0 aliphatic rings. The van der Waals surface area contributed by atoms with E-state index in [4.69, 9.17) is 11.6 Å². The second-order valence-electron chi connectivity index (χ2n) is 2.14. The summed E-state index contributed by atoms with van der Waals surface area (Å²) >= 11 is 6.00. The Bertz CT molecular complexity index is 398. The van der Waals surface area contributed by atoms with Crippen molar-refractivity contribution in [1.29, 1.82) is 0 Å². The van der Waals surface area contributed by atoms with Gasteiger partial charge in [0.25, 0.3) is 0 Å². The summed E-state index contributed by atoms with van der Waals surface area (Å²) < 4.78 is 2.46. The summed E-state index contributed by atoms with van der Waals surface area (Å²) in [5.74, 6) is 0.594. The molecular weight excluding hydrogens is 378 g/mol. The van der Waals surface area contributed by atoms with Crippen LogP contribution in [0.4, 0.5) is 0 Å². The van der Waals surface area contributed by atoms with Crippen LogP contribution in [0.2, 0.25) is 5.15 Å². The van der Waals surface area contributed by atoms with Crippen molar-refractivity contribution < 1.29 is 42.8 Å². The first-order chi connectivity index (χ1) is 5.27. The molecule has 0 aromatic carbocycles. The second-order valence-corrected chi connectivity index (χ2v) is 6.20. The first-order valence-corrected chi connectivity index (χ1v) is 7.60. The molecule has 0 unspecified atom stereocenters. The molecule has 2 rings (SSSR count). The van der Waals surface area contributed by atoms with Gasteiger partial charge in [-0.05, 0) is 0 Å².